The highest BCUT2D eigenvalue weighted by Gasteiger charge is 2.17. The molecule has 3 heterocycles. The van der Waals surface area contributed by atoms with Crippen LogP contribution < -0.4 is 0 Å². The van der Waals surface area contributed by atoms with Gasteiger partial charge in [0, 0.05) is 43.8 Å². The topological polar surface area (TPSA) is 65.0 Å². The van der Waals surface area contributed by atoms with Gasteiger partial charge in [-0.15, -0.1) is 0 Å². The van der Waals surface area contributed by atoms with Crippen LogP contribution in [0.5, 0.6) is 0 Å². The van der Waals surface area contributed by atoms with Crippen LogP contribution >= 0.6 is 0 Å². The maximum Gasteiger partial charge on any atom is 0.164 e. The van der Waals surface area contributed by atoms with Gasteiger partial charge in [-0.25, -0.2) is 15.0 Å². The van der Waals surface area contributed by atoms with Gasteiger partial charge in [-0.3, -0.25) is 0 Å². The van der Waals surface area contributed by atoms with Gasteiger partial charge >= 0.3 is 0 Å². The Morgan fingerprint density at radius 2 is 1.02 bits per heavy atom. The third kappa shape index (κ3) is 4.75. The van der Waals surface area contributed by atoms with Crippen molar-refractivity contribution in [3.63, 3.8) is 0 Å². The molecular formula is C45H27N3O2. The number of furan rings is 2. The van der Waals surface area contributed by atoms with Gasteiger partial charge in [-0.05, 0) is 53.1 Å². The van der Waals surface area contributed by atoms with Crippen LogP contribution in [0.1, 0.15) is 6.85 Å². The molecule has 0 aliphatic rings. The summed E-state index contributed by atoms with van der Waals surface area (Å²) in [6.07, 6.45) is 0. The fourth-order valence-electron chi connectivity index (χ4n) is 6.62. The molecule has 0 atom stereocenters. The van der Waals surface area contributed by atoms with Crippen molar-refractivity contribution in [2.75, 3.05) is 0 Å². The molecule has 0 radical (unpaired) electrons. The van der Waals surface area contributed by atoms with E-state index in [-0.39, 0.29) is 17.6 Å². The van der Waals surface area contributed by atoms with Crippen molar-refractivity contribution in [3.8, 4) is 56.4 Å². The van der Waals surface area contributed by atoms with Crippen LogP contribution in [0.3, 0.4) is 0 Å². The van der Waals surface area contributed by atoms with Crippen molar-refractivity contribution in [2.45, 2.75) is 0 Å². The minimum Gasteiger partial charge on any atom is -0.456 e. The quantitative estimate of drug-likeness (QED) is 0.186. The van der Waals surface area contributed by atoms with Crippen LogP contribution in [0.2, 0.25) is 0 Å². The Morgan fingerprint density at radius 3 is 1.88 bits per heavy atom. The van der Waals surface area contributed by atoms with Crippen LogP contribution in [0.4, 0.5) is 0 Å². The Bertz CT molecular complexity index is 3150. The number of hydrogen-bond acceptors (Lipinski definition) is 5. The highest BCUT2D eigenvalue weighted by atomic mass is 16.3. The predicted octanol–water partition coefficient (Wildman–Crippen LogP) is 12.0. The summed E-state index contributed by atoms with van der Waals surface area (Å²) in [5, 5.41) is 4.07. The predicted molar refractivity (Wildman–Crippen MR) is 202 cm³/mol. The summed E-state index contributed by atoms with van der Waals surface area (Å²) in [6.45, 7) is 0. The first-order valence-corrected chi connectivity index (χ1v) is 16.2. The maximum absolute atomic E-state index is 8.53. The van der Waals surface area contributed by atoms with E-state index in [1.54, 1.807) is 18.2 Å². The van der Waals surface area contributed by atoms with E-state index in [2.05, 4.69) is 36.4 Å². The summed E-state index contributed by atoms with van der Waals surface area (Å²) < 4.78 is 54.2. The number of nitrogens with zero attached hydrogens (tertiary/aromatic N) is 3. The highest BCUT2D eigenvalue weighted by molar-refractivity contribution is 6.11. The van der Waals surface area contributed by atoms with Crippen molar-refractivity contribution in [1.82, 2.24) is 15.0 Å². The summed E-state index contributed by atoms with van der Waals surface area (Å²) in [6, 6.07) is 41.3. The number of aromatic nitrogens is 3. The van der Waals surface area contributed by atoms with Crippen molar-refractivity contribution < 1.29 is 15.7 Å². The second kappa shape index (κ2) is 11.4. The lowest BCUT2D eigenvalue weighted by molar-refractivity contribution is 0.668. The summed E-state index contributed by atoms with van der Waals surface area (Å²) >= 11 is 0. The number of benzene rings is 7. The monoisotopic (exact) mass is 646 g/mol. The second-order valence-electron chi connectivity index (χ2n) is 12.1. The number of hydrogen-bond donors (Lipinski definition) is 0. The fourth-order valence-corrected chi connectivity index (χ4v) is 6.62. The third-order valence-corrected chi connectivity index (χ3v) is 9.02. The standard InChI is InChI=1S/C45H27N3O2/c1-3-11-28(12-4-1)30-15-9-16-32(25-30)44-46-43(29-13-5-2-6-14-29)47-45(48-44)33-21-23-36-38-26-31(22-24-40(38)49-41(36)27-33)34-18-10-19-37-35-17-7-8-20-39(35)50-42(34)37/h1-27H/i1D,3D,4D,11D,12D. The largest absolute Gasteiger partial charge is 0.456 e. The van der Waals surface area contributed by atoms with E-state index in [0.29, 0.717) is 34.2 Å². The lowest BCUT2D eigenvalue weighted by Crippen LogP contribution is -2.00. The van der Waals surface area contributed by atoms with Crippen molar-refractivity contribution >= 4 is 43.9 Å². The van der Waals surface area contributed by atoms with E-state index in [4.69, 9.17) is 30.6 Å². The number of fused-ring (bicyclic) bond motifs is 6. The van der Waals surface area contributed by atoms with Gasteiger partial charge < -0.3 is 8.83 Å². The van der Waals surface area contributed by atoms with Gasteiger partial charge in [-0.2, -0.15) is 0 Å². The zero-order valence-electron chi connectivity index (χ0n) is 31.4. The molecule has 5 heteroatoms. The Morgan fingerprint density at radius 1 is 0.380 bits per heavy atom. The molecule has 0 bridgehead atoms. The Balaban J connectivity index is 1.09. The first-order valence-electron chi connectivity index (χ1n) is 18.7. The van der Waals surface area contributed by atoms with Gasteiger partial charge in [-0.1, -0.05) is 127 Å². The second-order valence-corrected chi connectivity index (χ2v) is 12.1. The summed E-state index contributed by atoms with van der Waals surface area (Å²) in [5.41, 5.74) is 7.83. The van der Waals surface area contributed by atoms with E-state index >= 15 is 0 Å². The molecule has 0 N–H and O–H groups in total. The Kier molecular flexibility index (Phi) is 5.35. The van der Waals surface area contributed by atoms with Gasteiger partial charge in [0.2, 0.25) is 0 Å². The van der Waals surface area contributed by atoms with Crippen LogP contribution in [0, 0.1) is 0 Å². The molecule has 234 valence electrons. The molecule has 10 rings (SSSR count). The third-order valence-electron chi connectivity index (χ3n) is 9.02. The van der Waals surface area contributed by atoms with E-state index in [1.165, 1.54) is 0 Å². The first-order chi connectivity index (χ1) is 26.8. The summed E-state index contributed by atoms with van der Waals surface area (Å²) in [7, 11) is 0. The molecule has 7 aromatic carbocycles. The zero-order chi connectivity index (χ0) is 37.4. The van der Waals surface area contributed by atoms with E-state index in [9.17, 15) is 0 Å². The Hall–Kier alpha value is -6.85. The van der Waals surface area contributed by atoms with Gasteiger partial charge in [0.25, 0.3) is 0 Å². The molecule has 0 aliphatic carbocycles. The normalized spacial score (nSPS) is 13.0. The lowest BCUT2D eigenvalue weighted by atomic mass is 10.00. The van der Waals surface area contributed by atoms with Crippen LogP contribution in [0.15, 0.2) is 173 Å². The molecular weight excluding hydrogens is 615 g/mol. The number of rotatable bonds is 5. The summed E-state index contributed by atoms with van der Waals surface area (Å²) in [4.78, 5) is 14.7. The summed E-state index contributed by atoms with van der Waals surface area (Å²) in [5.74, 6) is 1.26. The highest BCUT2D eigenvalue weighted by Crippen LogP contribution is 2.39. The SMILES string of the molecule is [2H]c1c([2H])c([2H])c(-c2cccc(-c3nc(-c4ccccc4)nc(-c4ccc5c(c4)oc4ccc(-c6cccc7c6oc6ccccc67)cc45)n3)c2)c([2H])c1[2H]. The molecule has 0 saturated carbocycles. The van der Waals surface area contributed by atoms with Gasteiger partial charge in [0.05, 0.1) is 6.85 Å². The van der Waals surface area contributed by atoms with Crippen molar-refractivity contribution in [1.29, 1.82) is 0 Å². The lowest BCUT2D eigenvalue weighted by Gasteiger charge is -2.09. The molecule has 0 fully saturated rings. The van der Waals surface area contributed by atoms with Crippen LogP contribution in [0.25, 0.3) is 100 Å². The van der Waals surface area contributed by atoms with Crippen LogP contribution in [-0.4, -0.2) is 15.0 Å². The average molecular weight is 647 g/mol. The van der Waals surface area contributed by atoms with E-state index < -0.39 is 18.1 Å². The average Bonchev–Trinajstić information content (AvgIpc) is 3.80. The first kappa shape index (κ1) is 23.5. The van der Waals surface area contributed by atoms with Crippen molar-refractivity contribution in [2.24, 2.45) is 0 Å². The van der Waals surface area contributed by atoms with Gasteiger partial charge in [0.1, 0.15) is 22.3 Å². The molecule has 0 unspecified atom stereocenters. The van der Waals surface area contributed by atoms with E-state index in [1.807, 2.05) is 78.9 Å². The molecule has 3 aromatic heterocycles. The van der Waals surface area contributed by atoms with Crippen LogP contribution in [-0.2, 0) is 0 Å². The minimum atomic E-state index is -0.438. The molecule has 50 heavy (non-hydrogen) atoms. The fraction of sp³-hybridized carbons (Fsp3) is 0. The van der Waals surface area contributed by atoms with Crippen molar-refractivity contribution in [3.05, 3.63) is 164 Å². The van der Waals surface area contributed by atoms with E-state index in [0.717, 1.165) is 60.5 Å². The maximum atomic E-state index is 8.53. The zero-order valence-corrected chi connectivity index (χ0v) is 26.4. The Labute approximate surface area is 294 Å². The molecule has 5 nitrogen and oxygen atoms in total. The molecule has 0 amide bonds. The van der Waals surface area contributed by atoms with Gasteiger partial charge in [0.15, 0.2) is 17.5 Å². The number of para-hydroxylation sites is 2. The minimum absolute atomic E-state index is 0.109. The molecule has 0 saturated heterocycles. The smallest absolute Gasteiger partial charge is 0.164 e. The molecule has 0 spiro atoms. The molecule has 0 aliphatic heterocycles. The molecule has 10 aromatic rings.